The summed E-state index contributed by atoms with van der Waals surface area (Å²) in [5.74, 6) is 3.40. The maximum Gasteiger partial charge on any atom is 0.160 e. The van der Waals surface area contributed by atoms with Crippen LogP contribution in [0.2, 0.25) is 0 Å². The number of pyridine rings is 1. The maximum atomic E-state index is 5.00. The molecule has 128 valence electrons. The first-order valence-corrected chi connectivity index (χ1v) is 9.26. The second-order valence-corrected chi connectivity index (χ2v) is 7.63. The Hall–Kier alpha value is -2.43. The summed E-state index contributed by atoms with van der Waals surface area (Å²) in [5, 5.41) is 8.07. The Morgan fingerprint density at radius 1 is 1.24 bits per heavy atom. The summed E-state index contributed by atoms with van der Waals surface area (Å²) in [5.41, 5.74) is 4.53. The number of nitrogens with one attached hydrogen (secondary N) is 1. The minimum Gasteiger partial charge on any atom is -0.366 e. The SMILES string of the molecule is Cc1cnn2c(NCc3cccnc3)cc(C3CC4CCC3C4)nc12. The van der Waals surface area contributed by atoms with Gasteiger partial charge in [0.05, 0.1) is 6.20 Å². The molecule has 2 aliphatic carbocycles. The molecule has 0 saturated heterocycles. The van der Waals surface area contributed by atoms with Crippen molar-refractivity contribution in [3.8, 4) is 0 Å². The fraction of sp³-hybridized carbons (Fsp3) is 0.450. The fourth-order valence-electron chi connectivity index (χ4n) is 4.71. The van der Waals surface area contributed by atoms with Crippen LogP contribution < -0.4 is 5.32 Å². The summed E-state index contributed by atoms with van der Waals surface area (Å²) in [4.78, 5) is 9.19. The van der Waals surface area contributed by atoms with Gasteiger partial charge in [-0.2, -0.15) is 9.61 Å². The molecule has 1 N–H and O–H groups in total. The Balaban J connectivity index is 1.50. The molecular weight excluding hydrogens is 310 g/mol. The third-order valence-electron chi connectivity index (χ3n) is 5.98. The molecule has 5 rings (SSSR count). The van der Waals surface area contributed by atoms with Gasteiger partial charge in [-0.15, -0.1) is 0 Å². The lowest BCUT2D eigenvalue weighted by atomic mass is 9.86. The molecule has 3 aromatic heterocycles. The van der Waals surface area contributed by atoms with Crippen LogP contribution in [0.1, 0.15) is 48.4 Å². The zero-order chi connectivity index (χ0) is 16.8. The van der Waals surface area contributed by atoms with E-state index < -0.39 is 0 Å². The molecule has 25 heavy (non-hydrogen) atoms. The quantitative estimate of drug-likeness (QED) is 0.785. The molecule has 2 aliphatic rings. The van der Waals surface area contributed by atoms with Crippen molar-refractivity contribution in [3.05, 3.63) is 53.6 Å². The second-order valence-electron chi connectivity index (χ2n) is 7.63. The van der Waals surface area contributed by atoms with Crippen LogP contribution in [0.25, 0.3) is 5.65 Å². The van der Waals surface area contributed by atoms with Gasteiger partial charge in [-0.1, -0.05) is 12.5 Å². The summed E-state index contributed by atoms with van der Waals surface area (Å²) in [7, 11) is 0. The predicted octanol–water partition coefficient (Wildman–Crippen LogP) is 3.95. The Morgan fingerprint density at radius 3 is 2.96 bits per heavy atom. The maximum absolute atomic E-state index is 5.00. The molecule has 5 nitrogen and oxygen atoms in total. The number of hydrogen-bond donors (Lipinski definition) is 1. The van der Waals surface area contributed by atoms with Crippen molar-refractivity contribution in [1.82, 2.24) is 19.6 Å². The van der Waals surface area contributed by atoms with Gasteiger partial charge in [-0.25, -0.2) is 4.98 Å². The van der Waals surface area contributed by atoms with Crippen LogP contribution in [0.15, 0.2) is 36.8 Å². The van der Waals surface area contributed by atoms with E-state index in [-0.39, 0.29) is 0 Å². The molecule has 3 aromatic rings. The first kappa shape index (κ1) is 14.9. The third kappa shape index (κ3) is 2.58. The summed E-state index contributed by atoms with van der Waals surface area (Å²) in [6.45, 7) is 2.83. The van der Waals surface area contributed by atoms with Crippen molar-refractivity contribution in [2.24, 2.45) is 11.8 Å². The number of aryl methyl sites for hydroxylation is 1. The van der Waals surface area contributed by atoms with Gasteiger partial charge in [0.2, 0.25) is 0 Å². The zero-order valence-corrected chi connectivity index (χ0v) is 14.5. The van der Waals surface area contributed by atoms with Crippen molar-refractivity contribution in [3.63, 3.8) is 0 Å². The Bertz CT molecular complexity index is 901. The van der Waals surface area contributed by atoms with Crippen LogP contribution >= 0.6 is 0 Å². The van der Waals surface area contributed by atoms with E-state index in [4.69, 9.17) is 4.98 Å². The summed E-state index contributed by atoms with van der Waals surface area (Å²) >= 11 is 0. The average Bonchev–Trinajstić information content (AvgIpc) is 3.37. The van der Waals surface area contributed by atoms with Crippen LogP contribution in [0.4, 0.5) is 5.82 Å². The summed E-state index contributed by atoms with van der Waals surface area (Å²) < 4.78 is 1.93. The lowest BCUT2D eigenvalue weighted by Gasteiger charge is -2.22. The predicted molar refractivity (Wildman–Crippen MR) is 97.5 cm³/mol. The molecule has 2 bridgehead atoms. The van der Waals surface area contributed by atoms with Crippen LogP contribution in [-0.2, 0) is 6.54 Å². The highest BCUT2D eigenvalue weighted by Crippen LogP contribution is 2.52. The molecule has 0 radical (unpaired) electrons. The van der Waals surface area contributed by atoms with Gasteiger partial charge in [0.15, 0.2) is 5.65 Å². The van der Waals surface area contributed by atoms with E-state index in [2.05, 4.69) is 34.5 Å². The number of hydrogen-bond acceptors (Lipinski definition) is 4. The average molecular weight is 333 g/mol. The van der Waals surface area contributed by atoms with Crippen molar-refractivity contribution >= 4 is 11.5 Å². The highest BCUT2D eigenvalue weighted by molar-refractivity contribution is 5.54. The lowest BCUT2D eigenvalue weighted by Crippen LogP contribution is -2.13. The first-order chi connectivity index (χ1) is 12.3. The molecule has 0 aromatic carbocycles. The van der Waals surface area contributed by atoms with E-state index in [1.165, 1.54) is 31.4 Å². The Labute approximate surface area is 147 Å². The van der Waals surface area contributed by atoms with Gasteiger partial charge in [0.1, 0.15) is 5.82 Å². The number of nitrogens with zero attached hydrogens (tertiary/aromatic N) is 4. The topological polar surface area (TPSA) is 55.1 Å². The van der Waals surface area contributed by atoms with Crippen LogP contribution in [0, 0.1) is 18.8 Å². The minimum absolute atomic E-state index is 0.622. The van der Waals surface area contributed by atoms with Crippen LogP contribution in [0.3, 0.4) is 0 Å². The fourth-order valence-corrected chi connectivity index (χ4v) is 4.71. The van der Waals surface area contributed by atoms with Crippen molar-refractivity contribution in [1.29, 1.82) is 0 Å². The zero-order valence-electron chi connectivity index (χ0n) is 14.5. The van der Waals surface area contributed by atoms with Gasteiger partial charge < -0.3 is 5.32 Å². The van der Waals surface area contributed by atoms with E-state index in [0.29, 0.717) is 5.92 Å². The minimum atomic E-state index is 0.622. The van der Waals surface area contributed by atoms with E-state index in [9.17, 15) is 0 Å². The van der Waals surface area contributed by atoms with E-state index in [0.717, 1.165) is 41.0 Å². The van der Waals surface area contributed by atoms with Gasteiger partial charge in [0.25, 0.3) is 0 Å². The number of fused-ring (bicyclic) bond motifs is 3. The molecule has 2 saturated carbocycles. The van der Waals surface area contributed by atoms with E-state index in [1.807, 2.05) is 23.0 Å². The summed E-state index contributed by atoms with van der Waals surface area (Å²) in [6.07, 6.45) is 11.1. The number of rotatable bonds is 4. The molecule has 2 fully saturated rings. The molecule has 0 spiro atoms. The van der Waals surface area contributed by atoms with Gasteiger partial charge in [-0.3, -0.25) is 4.98 Å². The molecular formula is C20H23N5. The van der Waals surface area contributed by atoms with Crippen LogP contribution in [0.5, 0.6) is 0 Å². The Kier molecular flexibility index (Phi) is 3.47. The highest BCUT2D eigenvalue weighted by atomic mass is 15.3. The number of anilines is 1. The molecule has 0 aliphatic heterocycles. The van der Waals surface area contributed by atoms with Gasteiger partial charge >= 0.3 is 0 Å². The van der Waals surface area contributed by atoms with Crippen molar-refractivity contribution in [2.75, 3.05) is 5.32 Å². The largest absolute Gasteiger partial charge is 0.366 e. The van der Waals surface area contributed by atoms with Crippen molar-refractivity contribution < 1.29 is 0 Å². The first-order valence-electron chi connectivity index (χ1n) is 9.26. The van der Waals surface area contributed by atoms with E-state index in [1.54, 1.807) is 6.20 Å². The lowest BCUT2D eigenvalue weighted by molar-refractivity contribution is 0.413. The molecule has 3 atom stereocenters. The number of aromatic nitrogens is 4. The molecule has 3 heterocycles. The van der Waals surface area contributed by atoms with Gasteiger partial charge in [0, 0.05) is 42.2 Å². The normalized spacial score (nSPS) is 24.9. The highest BCUT2D eigenvalue weighted by Gasteiger charge is 2.41. The van der Waals surface area contributed by atoms with Crippen LogP contribution in [-0.4, -0.2) is 19.6 Å². The smallest absolute Gasteiger partial charge is 0.160 e. The van der Waals surface area contributed by atoms with Crippen molar-refractivity contribution in [2.45, 2.75) is 45.1 Å². The van der Waals surface area contributed by atoms with E-state index >= 15 is 0 Å². The molecule has 0 amide bonds. The summed E-state index contributed by atoms with van der Waals surface area (Å²) in [6, 6.07) is 6.28. The molecule has 5 heteroatoms. The second kappa shape index (κ2) is 5.83. The molecule has 3 unspecified atom stereocenters. The Morgan fingerprint density at radius 2 is 2.20 bits per heavy atom. The monoisotopic (exact) mass is 333 g/mol. The van der Waals surface area contributed by atoms with Gasteiger partial charge in [-0.05, 0) is 49.7 Å². The standard InChI is InChI=1S/C20H23N5/c1-13-10-23-25-19(22-12-15-3-2-6-21-11-15)9-18(24-20(13)25)17-8-14-4-5-16(17)7-14/h2-3,6,9-11,14,16-17,22H,4-5,7-8,12H2,1H3. The third-order valence-corrected chi connectivity index (χ3v) is 5.98.